The lowest BCUT2D eigenvalue weighted by molar-refractivity contribution is -0.137. The van der Waals surface area contributed by atoms with Crippen LogP contribution in [-0.2, 0) is 16.2 Å². The number of benzene rings is 1. The lowest BCUT2D eigenvalue weighted by atomic mass is 10.2. The van der Waals surface area contributed by atoms with Gasteiger partial charge in [-0.15, -0.1) is 0 Å². The molecule has 0 saturated carbocycles. The monoisotopic (exact) mass is 414 g/mol. The highest BCUT2D eigenvalue weighted by atomic mass is 35.5. The SMILES string of the molecule is O=C(O)c1ncc(Cl)cc1NS(=O)(=O)c1ccc(C(F)(F)F)cc1Cl. The van der Waals surface area contributed by atoms with Crippen LogP contribution in [-0.4, -0.2) is 24.5 Å². The van der Waals surface area contributed by atoms with Gasteiger partial charge in [0.15, 0.2) is 5.69 Å². The van der Waals surface area contributed by atoms with E-state index < -0.39 is 49.0 Å². The molecule has 0 aliphatic heterocycles. The lowest BCUT2D eigenvalue weighted by Gasteiger charge is -2.13. The second-order valence-corrected chi connectivity index (χ2v) is 7.10. The van der Waals surface area contributed by atoms with E-state index in [1.54, 1.807) is 0 Å². The van der Waals surface area contributed by atoms with E-state index >= 15 is 0 Å². The summed E-state index contributed by atoms with van der Waals surface area (Å²) >= 11 is 11.3. The van der Waals surface area contributed by atoms with Crippen LogP contribution in [0.1, 0.15) is 16.1 Å². The maximum absolute atomic E-state index is 12.6. The topological polar surface area (TPSA) is 96.4 Å². The minimum Gasteiger partial charge on any atom is -0.476 e. The molecule has 2 aromatic rings. The van der Waals surface area contributed by atoms with Crippen molar-refractivity contribution in [2.45, 2.75) is 11.1 Å². The minimum atomic E-state index is -4.70. The summed E-state index contributed by atoms with van der Waals surface area (Å²) in [6.45, 7) is 0. The van der Waals surface area contributed by atoms with Crippen LogP contribution in [0.5, 0.6) is 0 Å². The molecule has 1 aromatic carbocycles. The Hall–Kier alpha value is -2.04. The van der Waals surface area contributed by atoms with Gasteiger partial charge < -0.3 is 5.11 Å². The van der Waals surface area contributed by atoms with E-state index in [1.807, 2.05) is 4.72 Å². The number of hydrogen-bond acceptors (Lipinski definition) is 4. The molecule has 0 amide bonds. The quantitative estimate of drug-likeness (QED) is 0.790. The van der Waals surface area contributed by atoms with Gasteiger partial charge in [-0.1, -0.05) is 23.2 Å². The number of aromatic carboxylic acids is 1. The molecular weight excluding hydrogens is 408 g/mol. The van der Waals surface area contributed by atoms with Crippen molar-refractivity contribution in [2.24, 2.45) is 0 Å². The lowest BCUT2D eigenvalue weighted by Crippen LogP contribution is -2.17. The van der Waals surface area contributed by atoms with Crippen molar-refractivity contribution in [3.05, 3.63) is 51.8 Å². The Bertz CT molecular complexity index is 949. The average Bonchev–Trinajstić information content (AvgIpc) is 2.45. The van der Waals surface area contributed by atoms with E-state index in [-0.39, 0.29) is 5.02 Å². The fourth-order valence-electron chi connectivity index (χ4n) is 1.78. The summed E-state index contributed by atoms with van der Waals surface area (Å²) < 4.78 is 64.4. The molecule has 2 N–H and O–H groups in total. The van der Waals surface area contributed by atoms with Crippen LogP contribution in [0.25, 0.3) is 0 Å². The zero-order valence-electron chi connectivity index (χ0n) is 11.8. The van der Waals surface area contributed by atoms with Crippen molar-refractivity contribution in [3.8, 4) is 0 Å². The van der Waals surface area contributed by atoms with Crippen LogP contribution in [0.4, 0.5) is 18.9 Å². The van der Waals surface area contributed by atoms with Crippen LogP contribution in [0.15, 0.2) is 35.4 Å². The second-order valence-electron chi connectivity index (χ2n) is 4.60. The first-order valence-corrected chi connectivity index (χ1v) is 8.44. The van der Waals surface area contributed by atoms with E-state index in [2.05, 4.69) is 4.98 Å². The third-order valence-corrected chi connectivity index (χ3v) is 4.91. The van der Waals surface area contributed by atoms with Crippen molar-refractivity contribution in [2.75, 3.05) is 4.72 Å². The molecule has 0 spiro atoms. The maximum atomic E-state index is 12.6. The molecule has 0 unspecified atom stereocenters. The van der Waals surface area contributed by atoms with Gasteiger partial charge in [0.05, 0.1) is 21.3 Å². The fourth-order valence-corrected chi connectivity index (χ4v) is 3.54. The molecule has 0 aliphatic rings. The number of alkyl halides is 3. The normalized spacial score (nSPS) is 12.0. The number of nitrogens with zero attached hydrogens (tertiary/aromatic N) is 1. The zero-order chi connectivity index (χ0) is 19.0. The van der Waals surface area contributed by atoms with Gasteiger partial charge in [-0.3, -0.25) is 4.72 Å². The third kappa shape index (κ3) is 4.33. The van der Waals surface area contributed by atoms with Gasteiger partial charge in [-0.25, -0.2) is 18.2 Å². The van der Waals surface area contributed by atoms with Gasteiger partial charge in [0.2, 0.25) is 0 Å². The summed E-state index contributed by atoms with van der Waals surface area (Å²) in [5.74, 6) is -1.53. The van der Waals surface area contributed by atoms with Crippen molar-refractivity contribution < 1.29 is 31.5 Å². The van der Waals surface area contributed by atoms with Crippen LogP contribution < -0.4 is 4.72 Å². The van der Waals surface area contributed by atoms with E-state index in [0.29, 0.717) is 18.2 Å². The highest BCUT2D eigenvalue weighted by molar-refractivity contribution is 7.92. The molecule has 0 bridgehead atoms. The number of halogens is 5. The van der Waals surface area contributed by atoms with Gasteiger partial charge in [-0.2, -0.15) is 13.2 Å². The number of aromatic nitrogens is 1. The van der Waals surface area contributed by atoms with E-state index in [9.17, 15) is 26.4 Å². The van der Waals surface area contributed by atoms with Crippen molar-refractivity contribution in [3.63, 3.8) is 0 Å². The molecule has 0 aliphatic carbocycles. The predicted molar refractivity (Wildman–Crippen MR) is 83.5 cm³/mol. The van der Waals surface area contributed by atoms with Crippen LogP contribution in [0, 0.1) is 0 Å². The van der Waals surface area contributed by atoms with Gasteiger partial charge in [-0.05, 0) is 24.3 Å². The second kappa shape index (κ2) is 6.70. The summed E-state index contributed by atoms with van der Waals surface area (Å²) in [5, 5.41) is 8.27. The maximum Gasteiger partial charge on any atom is 0.416 e. The molecule has 2 rings (SSSR count). The third-order valence-electron chi connectivity index (χ3n) is 2.85. The zero-order valence-corrected chi connectivity index (χ0v) is 14.1. The van der Waals surface area contributed by atoms with Gasteiger partial charge in [0.25, 0.3) is 10.0 Å². The Morgan fingerprint density at radius 3 is 2.36 bits per heavy atom. The Morgan fingerprint density at radius 1 is 1.20 bits per heavy atom. The summed E-state index contributed by atoms with van der Waals surface area (Å²) in [7, 11) is -4.49. The molecule has 0 radical (unpaired) electrons. The summed E-state index contributed by atoms with van der Waals surface area (Å²) in [5.41, 5.74) is -2.24. The summed E-state index contributed by atoms with van der Waals surface area (Å²) in [4.78, 5) is 13.9. The van der Waals surface area contributed by atoms with Gasteiger partial charge in [0.1, 0.15) is 4.90 Å². The summed E-state index contributed by atoms with van der Waals surface area (Å²) in [6, 6.07) is 2.64. The Labute approximate surface area is 149 Å². The van der Waals surface area contributed by atoms with Gasteiger partial charge >= 0.3 is 12.1 Å². The molecule has 25 heavy (non-hydrogen) atoms. The summed E-state index contributed by atoms with van der Waals surface area (Å²) in [6.07, 6.45) is -3.71. The molecule has 1 aromatic heterocycles. The highest BCUT2D eigenvalue weighted by Gasteiger charge is 2.32. The molecule has 0 fully saturated rings. The van der Waals surface area contributed by atoms with Crippen molar-refractivity contribution in [1.29, 1.82) is 0 Å². The number of carboxylic acids is 1. The largest absolute Gasteiger partial charge is 0.476 e. The average molecular weight is 415 g/mol. The van der Waals surface area contributed by atoms with E-state index in [4.69, 9.17) is 28.3 Å². The number of anilines is 1. The van der Waals surface area contributed by atoms with Crippen molar-refractivity contribution in [1.82, 2.24) is 4.98 Å². The number of nitrogens with one attached hydrogen (secondary N) is 1. The molecule has 12 heteroatoms. The first-order valence-electron chi connectivity index (χ1n) is 6.20. The molecule has 0 atom stereocenters. The Morgan fingerprint density at radius 2 is 1.84 bits per heavy atom. The first-order chi connectivity index (χ1) is 11.4. The number of rotatable bonds is 4. The predicted octanol–water partition coefficient (Wildman–Crippen LogP) is 3.91. The van der Waals surface area contributed by atoms with E-state index in [0.717, 1.165) is 12.3 Å². The fraction of sp³-hybridized carbons (Fsp3) is 0.0769. The van der Waals surface area contributed by atoms with Gasteiger partial charge in [0, 0.05) is 6.20 Å². The van der Waals surface area contributed by atoms with Crippen LogP contribution in [0.3, 0.4) is 0 Å². The molecule has 1 heterocycles. The number of pyridine rings is 1. The first kappa shape index (κ1) is 19.3. The number of hydrogen-bond donors (Lipinski definition) is 2. The molecule has 134 valence electrons. The smallest absolute Gasteiger partial charge is 0.416 e. The standard InChI is InChI=1S/C13H7Cl2F3N2O4S/c14-7-4-9(11(12(21)22)19-5-7)20-25(23,24)10-2-1-6(3-8(10)15)13(16,17)18/h1-5,20H,(H,21,22). The number of carbonyl (C=O) groups is 1. The number of sulfonamides is 1. The molecule has 6 nitrogen and oxygen atoms in total. The Kier molecular flexibility index (Phi) is 5.17. The number of carboxylic acid groups (broad SMARTS) is 1. The molecule has 0 saturated heterocycles. The Balaban J connectivity index is 2.48. The van der Waals surface area contributed by atoms with E-state index in [1.165, 1.54) is 0 Å². The minimum absolute atomic E-state index is 0.0544. The van der Waals surface area contributed by atoms with Crippen LogP contribution in [0.2, 0.25) is 10.0 Å². The highest BCUT2D eigenvalue weighted by Crippen LogP contribution is 2.34. The van der Waals surface area contributed by atoms with Crippen LogP contribution >= 0.6 is 23.2 Å². The van der Waals surface area contributed by atoms with Crippen molar-refractivity contribution >= 4 is 44.9 Å². The molecular formula is C13H7Cl2F3N2O4S.